The summed E-state index contributed by atoms with van der Waals surface area (Å²) in [7, 11) is -3.13. The van der Waals surface area contributed by atoms with Crippen molar-refractivity contribution in [2.24, 2.45) is 0 Å². The summed E-state index contributed by atoms with van der Waals surface area (Å²) in [6.45, 7) is 0. The van der Waals surface area contributed by atoms with E-state index in [2.05, 4.69) is 15.9 Å². The van der Waals surface area contributed by atoms with E-state index in [-0.39, 0.29) is 0 Å². The summed E-state index contributed by atoms with van der Waals surface area (Å²) in [5.41, 5.74) is 0. The summed E-state index contributed by atoms with van der Waals surface area (Å²) in [4.78, 5) is 14.3. The van der Waals surface area contributed by atoms with Gasteiger partial charge < -0.3 is 9.79 Å². The molecule has 0 rings (SSSR count). The zero-order valence-electron chi connectivity index (χ0n) is 4.59. The zero-order valence-corrected chi connectivity index (χ0v) is 9.18. The summed E-state index contributed by atoms with van der Waals surface area (Å²) < 4.78 is 10.1. The average molecular weight is 213 g/mol. The molecule has 3 nitrogen and oxygen atoms in total. The maximum atomic E-state index is 8.74. The van der Waals surface area contributed by atoms with Crippen LogP contribution < -0.4 is 0 Å². The molecule has 0 aromatic heterocycles. The molecule has 0 spiro atoms. The van der Waals surface area contributed by atoms with Crippen LogP contribution in [0.15, 0.2) is 0 Å². The van der Waals surface area contributed by atoms with Crippen molar-refractivity contribution < 1.29 is 14.4 Å². The Morgan fingerprint density at radius 2 is 1.75 bits per heavy atom. The molecule has 0 aromatic carbocycles. The van der Waals surface area contributed by atoms with E-state index in [0.717, 1.165) is 0 Å². The van der Waals surface area contributed by atoms with E-state index in [1.807, 2.05) is 0 Å². The van der Waals surface area contributed by atoms with Crippen molar-refractivity contribution in [3.8, 4) is 0 Å². The van der Waals surface area contributed by atoms with E-state index < -0.39 is 8.25 Å². The minimum atomic E-state index is -3.13. The van der Waals surface area contributed by atoms with Crippen LogP contribution in [0, 0.1) is 0 Å². The van der Waals surface area contributed by atoms with Crippen LogP contribution in [0.3, 0.4) is 0 Å². The van der Waals surface area contributed by atoms with Crippen LogP contribution >= 0.6 is 24.2 Å². The Morgan fingerprint density at radius 1 is 1.62 bits per heavy atom. The predicted molar refractivity (Wildman–Crippen MR) is 37.8 cm³/mol. The minimum absolute atomic E-state index is 1.19. The SMILES string of the molecule is O=[PH](O)O.[Na][CH2]CBr. The van der Waals surface area contributed by atoms with Crippen molar-refractivity contribution in [2.75, 3.05) is 5.33 Å². The Bertz CT molecular complexity index is 55.2. The van der Waals surface area contributed by atoms with Crippen LogP contribution in [0.2, 0.25) is 3.67 Å². The van der Waals surface area contributed by atoms with Gasteiger partial charge in [-0.15, -0.1) is 0 Å². The maximum absolute atomic E-state index is 8.74. The Kier molecular flexibility index (Phi) is 17.6. The molecule has 0 atom stereocenters. The molecule has 8 heavy (non-hydrogen) atoms. The van der Waals surface area contributed by atoms with Crippen LogP contribution in [0.25, 0.3) is 0 Å². The van der Waals surface area contributed by atoms with E-state index >= 15 is 0 Å². The summed E-state index contributed by atoms with van der Waals surface area (Å²) in [6.07, 6.45) is 0. The van der Waals surface area contributed by atoms with E-state index in [0.29, 0.717) is 0 Å². The molecule has 0 aliphatic carbocycles. The summed E-state index contributed by atoms with van der Waals surface area (Å²) in [6, 6.07) is 0. The second-order valence-corrected chi connectivity index (χ2v) is 3.33. The van der Waals surface area contributed by atoms with Crippen molar-refractivity contribution in [2.45, 2.75) is 3.67 Å². The third kappa shape index (κ3) is 48.5. The Labute approximate surface area is 75.0 Å². The molecule has 2 N–H and O–H groups in total. The molecule has 0 saturated carbocycles. The van der Waals surface area contributed by atoms with Crippen LogP contribution in [0.5, 0.6) is 0 Å². The number of rotatable bonds is 1. The van der Waals surface area contributed by atoms with Gasteiger partial charge >= 0.3 is 61.1 Å². The first-order valence-electron chi connectivity index (χ1n) is 2.13. The van der Waals surface area contributed by atoms with Crippen LogP contribution in [-0.2, 0) is 4.57 Å². The first-order valence-corrected chi connectivity index (χ1v) is 5.96. The average Bonchev–Trinajstić information content (AvgIpc) is 1.65. The van der Waals surface area contributed by atoms with Gasteiger partial charge in [-0.3, -0.25) is 4.57 Å². The van der Waals surface area contributed by atoms with E-state index in [4.69, 9.17) is 14.4 Å². The van der Waals surface area contributed by atoms with Gasteiger partial charge in [-0.2, -0.15) is 0 Å². The normalized spacial score (nSPS) is 8.25. The molecule has 0 aliphatic rings. The molecule has 0 saturated heterocycles. The fraction of sp³-hybridized carbons (Fsp3) is 1.00. The van der Waals surface area contributed by atoms with Crippen LogP contribution in [-0.4, -0.2) is 43.0 Å². The summed E-state index contributed by atoms with van der Waals surface area (Å²) in [5.74, 6) is 0. The van der Waals surface area contributed by atoms with Gasteiger partial charge in [-0.05, 0) is 0 Å². The molecule has 0 unspecified atom stereocenters. The fourth-order valence-corrected chi connectivity index (χ4v) is 0. The molecule has 0 fully saturated rings. The monoisotopic (exact) mass is 212 g/mol. The molecule has 0 radical (unpaired) electrons. The molecule has 0 aromatic rings. The van der Waals surface area contributed by atoms with Gasteiger partial charge in [0.15, 0.2) is 0 Å². The zero-order chi connectivity index (χ0) is 6.99. The molecule has 46 valence electrons. The molecule has 6 heteroatoms. The molecular formula is C2H7BrNaO3P. The molecule has 0 amide bonds. The van der Waals surface area contributed by atoms with Gasteiger partial charge in [0.25, 0.3) is 0 Å². The second kappa shape index (κ2) is 11.4. The van der Waals surface area contributed by atoms with E-state index in [1.54, 1.807) is 0 Å². The fourth-order valence-electron chi connectivity index (χ4n) is 0. The standard InChI is InChI=1S/C2H4Br.Na.H3O3P/c1-2-3;;1-4(2)3/h1-2H2;;4H,(H2,1,2,3). The number of hydrogen-bond donors (Lipinski definition) is 2. The van der Waals surface area contributed by atoms with Gasteiger partial charge in [-0.1, -0.05) is 0 Å². The van der Waals surface area contributed by atoms with Gasteiger partial charge in [0.1, 0.15) is 0 Å². The van der Waals surface area contributed by atoms with E-state index in [9.17, 15) is 0 Å². The second-order valence-electron chi connectivity index (χ2n) is 0.972. The van der Waals surface area contributed by atoms with Crippen molar-refractivity contribution in [3.63, 3.8) is 0 Å². The van der Waals surface area contributed by atoms with Crippen LogP contribution in [0.4, 0.5) is 0 Å². The van der Waals surface area contributed by atoms with Gasteiger partial charge in [-0.25, -0.2) is 0 Å². The Morgan fingerprint density at radius 3 is 1.75 bits per heavy atom. The van der Waals surface area contributed by atoms with Crippen LogP contribution in [0.1, 0.15) is 0 Å². The summed E-state index contributed by atoms with van der Waals surface area (Å²) >= 11 is 4.63. The number of hydrogen-bond acceptors (Lipinski definition) is 1. The first-order chi connectivity index (χ1) is 3.65. The van der Waals surface area contributed by atoms with E-state index in [1.165, 1.54) is 36.9 Å². The molecule has 0 aliphatic heterocycles. The van der Waals surface area contributed by atoms with Crippen molar-refractivity contribution >= 4 is 52.1 Å². The summed E-state index contributed by atoms with van der Waals surface area (Å²) in [5, 5.41) is 1.19. The van der Waals surface area contributed by atoms with Crippen molar-refractivity contribution in [1.29, 1.82) is 0 Å². The van der Waals surface area contributed by atoms with Crippen molar-refractivity contribution in [3.05, 3.63) is 0 Å². The number of alkyl halides is 1. The first kappa shape index (κ1) is 12.3. The number of halogens is 1. The predicted octanol–water partition coefficient (Wildman–Crippen LogP) is 0.329. The topological polar surface area (TPSA) is 57.5 Å². The third-order valence-corrected chi connectivity index (χ3v) is 2.95. The van der Waals surface area contributed by atoms with Gasteiger partial charge in [0.05, 0.1) is 0 Å². The van der Waals surface area contributed by atoms with Gasteiger partial charge in [0.2, 0.25) is 0 Å². The Hall–Kier alpha value is 1.63. The molecular weight excluding hydrogens is 206 g/mol. The Balaban J connectivity index is 0. The third-order valence-electron chi connectivity index (χ3n) is 0.189. The quantitative estimate of drug-likeness (QED) is 0.374. The molecule has 0 heterocycles. The van der Waals surface area contributed by atoms with Crippen molar-refractivity contribution in [1.82, 2.24) is 0 Å². The molecule has 0 bridgehead atoms. The van der Waals surface area contributed by atoms with Gasteiger partial charge in [0, 0.05) is 0 Å².